The van der Waals surface area contributed by atoms with Gasteiger partial charge in [0.2, 0.25) is 10.0 Å². The zero-order valence-electron chi connectivity index (χ0n) is 14.0. The van der Waals surface area contributed by atoms with Crippen molar-refractivity contribution in [1.29, 1.82) is 0 Å². The number of anilines is 1. The number of nitrogens with zero attached hydrogens (tertiary/aromatic N) is 3. The Bertz CT molecular complexity index is 686. The van der Waals surface area contributed by atoms with Gasteiger partial charge in [0.1, 0.15) is 5.69 Å². The molecule has 1 aliphatic rings. The zero-order valence-corrected chi connectivity index (χ0v) is 14.8. The van der Waals surface area contributed by atoms with Gasteiger partial charge in [0, 0.05) is 32.7 Å². The van der Waals surface area contributed by atoms with Crippen LogP contribution in [-0.4, -0.2) is 57.5 Å². The van der Waals surface area contributed by atoms with Gasteiger partial charge in [-0.3, -0.25) is 10.1 Å². The van der Waals surface area contributed by atoms with E-state index in [9.17, 15) is 18.5 Å². The molecule has 2 rings (SSSR count). The molecule has 1 aromatic carbocycles. The van der Waals surface area contributed by atoms with Crippen molar-refractivity contribution in [1.82, 2.24) is 4.31 Å². The molecule has 0 bridgehead atoms. The van der Waals surface area contributed by atoms with Crippen LogP contribution in [0.5, 0.6) is 0 Å². The van der Waals surface area contributed by atoms with Gasteiger partial charge in [-0.25, -0.2) is 8.42 Å². The molecule has 0 unspecified atom stereocenters. The van der Waals surface area contributed by atoms with Crippen molar-refractivity contribution in [2.75, 3.05) is 44.8 Å². The van der Waals surface area contributed by atoms with Crippen LogP contribution in [0.1, 0.15) is 19.8 Å². The summed E-state index contributed by atoms with van der Waals surface area (Å²) in [5, 5.41) is 11.4. The Balaban J connectivity index is 2.36. The van der Waals surface area contributed by atoms with Crippen LogP contribution < -0.4 is 4.90 Å². The van der Waals surface area contributed by atoms with E-state index in [0.29, 0.717) is 25.4 Å². The number of nitro groups is 1. The van der Waals surface area contributed by atoms with Crippen LogP contribution in [0.2, 0.25) is 0 Å². The maximum absolute atomic E-state index is 12.6. The third-order valence-electron chi connectivity index (χ3n) is 4.01. The number of nitro benzene ring substituents is 1. The van der Waals surface area contributed by atoms with Crippen molar-refractivity contribution in [3.8, 4) is 0 Å². The Morgan fingerprint density at radius 1 is 1.33 bits per heavy atom. The third kappa shape index (κ3) is 4.03. The number of hydrogen-bond acceptors (Lipinski definition) is 6. The van der Waals surface area contributed by atoms with E-state index < -0.39 is 14.9 Å². The van der Waals surface area contributed by atoms with Gasteiger partial charge in [0.15, 0.2) is 0 Å². The quantitative estimate of drug-likeness (QED) is 0.546. The average molecular weight is 357 g/mol. The molecule has 0 spiro atoms. The van der Waals surface area contributed by atoms with E-state index in [-0.39, 0.29) is 23.7 Å². The topological polar surface area (TPSA) is 93.0 Å². The van der Waals surface area contributed by atoms with Crippen LogP contribution in [0.15, 0.2) is 23.1 Å². The first-order valence-electron chi connectivity index (χ1n) is 7.95. The van der Waals surface area contributed by atoms with Crippen LogP contribution in [0, 0.1) is 10.1 Å². The summed E-state index contributed by atoms with van der Waals surface area (Å²) in [7, 11) is -1.98. The Morgan fingerprint density at radius 3 is 2.58 bits per heavy atom. The largest absolute Gasteiger partial charge is 0.379 e. The third-order valence-corrected chi connectivity index (χ3v) is 5.90. The van der Waals surface area contributed by atoms with Gasteiger partial charge in [0.25, 0.3) is 5.69 Å². The summed E-state index contributed by atoms with van der Waals surface area (Å²) in [6.45, 7) is 3.90. The summed E-state index contributed by atoms with van der Waals surface area (Å²) in [4.78, 5) is 12.6. The average Bonchev–Trinajstić information content (AvgIpc) is 2.59. The van der Waals surface area contributed by atoms with E-state index >= 15 is 0 Å². The monoisotopic (exact) mass is 357 g/mol. The zero-order chi connectivity index (χ0) is 17.7. The Kier molecular flexibility index (Phi) is 6.14. The number of rotatable bonds is 7. The van der Waals surface area contributed by atoms with E-state index in [1.807, 2.05) is 6.92 Å². The second-order valence-corrected chi connectivity index (χ2v) is 7.64. The van der Waals surface area contributed by atoms with Crippen molar-refractivity contribution < 1.29 is 18.1 Å². The van der Waals surface area contributed by atoms with Crippen molar-refractivity contribution in [2.45, 2.75) is 24.7 Å². The number of benzene rings is 1. The lowest BCUT2D eigenvalue weighted by Crippen LogP contribution is -2.40. The summed E-state index contributed by atoms with van der Waals surface area (Å²) in [5.74, 6) is 0. The number of sulfonamides is 1. The molecule has 0 atom stereocenters. The lowest BCUT2D eigenvalue weighted by atomic mass is 10.2. The molecule has 0 amide bonds. The fraction of sp³-hybridized carbons (Fsp3) is 0.600. The number of hydrogen-bond donors (Lipinski definition) is 0. The van der Waals surface area contributed by atoms with E-state index in [0.717, 1.165) is 18.9 Å². The molecule has 1 saturated heterocycles. The van der Waals surface area contributed by atoms with E-state index in [4.69, 9.17) is 4.74 Å². The Morgan fingerprint density at radius 2 is 2.00 bits per heavy atom. The fourth-order valence-electron chi connectivity index (χ4n) is 2.58. The second-order valence-electron chi connectivity index (χ2n) is 5.70. The maximum atomic E-state index is 12.6. The summed E-state index contributed by atoms with van der Waals surface area (Å²) in [6, 6.07) is 4.11. The molecule has 8 nitrogen and oxygen atoms in total. The molecule has 0 radical (unpaired) electrons. The summed E-state index contributed by atoms with van der Waals surface area (Å²) in [6.07, 6.45) is 1.88. The molecule has 1 aromatic rings. The molecular formula is C15H23N3O5S. The summed E-state index contributed by atoms with van der Waals surface area (Å²) >= 11 is 0. The molecule has 24 heavy (non-hydrogen) atoms. The number of ether oxygens (including phenoxy) is 1. The molecule has 1 fully saturated rings. The lowest BCUT2D eigenvalue weighted by Gasteiger charge is -2.26. The van der Waals surface area contributed by atoms with Gasteiger partial charge in [-0.2, -0.15) is 4.31 Å². The van der Waals surface area contributed by atoms with Gasteiger partial charge in [-0.15, -0.1) is 0 Å². The van der Waals surface area contributed by atoms with Crippen molar-refractivity contribution >= 4 is 21.4 Å². The predicted octanol–water partition coefficient (Wildman–Crippen LogP) is 1.85. The highest BCUT2D eigenvalue weighted by Gasteiger charge is 2.29. The van der Waals surface area contributed by atoms with Crippen molar-refractivity contribution in [2.24, 2.45) is 0 Å². The summed E-state index contributed by atoms with van der Waals surface area (Å²) in [5.41, 5.74) is 0.234. The SMILES string of the molecule is CCCCN(C)c1ccc(S(=O)(=O)N2CCOCC2)cc1[N+](=O)[O-]. The smallest absolute Gasteiger partial charge is 0.293 e. The second kappa shape index (κ2) is 7.91. The van der Waals surface area contributed by atoms with Crippen LogP contribution in [0.3, 0.4) is 0 Å². The van der Waals surface area contributed by atoms with E-state index in [1.165, 1.54) is 16.4 Å². The van der Waals surface area contributed by atoms with Gasteiger partial charge in [-0.05, 0) is 18.6 Å². The molecule has 0 aliphatic carbocycles. The highest BCUT2D eigenvalue weighted by atomic mass is 32.2. The van der Waals surface area contributed by atoms with Crippen LogP contribution in [0.4, 0.5) is 11.4 Å². The first kappa shape index (κ1) is 18.6. The number of unbranched alkanes of at least 4 members (excludes halogenated alkanes) is 1. The highest BCUT2D eigenvalue weighted by Crippen LogP contribution is 2.31. The minimum absolute atomic E-state index is 0.0521. The molecule has 0 N–H and O–H groups in total. The maximum Gasteiger partial charge on any atom is 0.293 e. The van der Waals surface area contributed by atoms with Crippen molar-refractivity contribution in [3.05, 3.63) is 28.3 Å². The molecule has 1 aliphatic heterocycles. The minimum Gasteiger partial charge on any atom is -0.379 e. The first-order chi connectivity index (χ1) is 11.4. The van der Waals surface area contributed by atoms with Crippen LogP contribution >= 0.6 is 0 Å². The molecule has 134 valence electrons. The van der Waals surface area contributed by atoms with Crippen LogP contribution in [-0.2, 0) is 14.8 Å². The molecule has 0 aromatic heterocycles. The lowest BCUT2D eigenvalue weighted by molar-refractivity contribution is -0.384. The minimum atomic E-state index is -3.75. The van der Waals surface area contributed by atoms with E-state index in [2.05, 4.69) is 0 Å². The van der Waals surface area contributed by atoms with Gasteiger partial charge in [-0.1, -0.05) is 13.3 Å². The van der Waals surface area contributed by atoms with E-state index in [1.54, 1.807) is 11.9 Å². The standard InChI is InChI=1S/C15H23N3O5S/c1-3-4-7-16(2)14-6-5-13(12-15(14)18(19)20)24(21,22)17-8-10-23-11-9-17/h5-6,12H,3-4,7-11H2,1-2H3. The van der Waals surface area contributed by atoms with Crippen LogP contribution in [0.25, 0.3) is 0 Å². The number of morpholine rings is 1. The highest BCUT2D eigenvalue weighted by molar-refractivity contribution is 7.89. The van der Waals surface area contributed by atoms with Gasteiger partial charge < -0.3 is 9.64 Å². The predicted molar refractivity (Wildman–Crippen MR) is 90.9 cm³/mol. The van der Waals surface area contributed by atoms with Crippen molar-refractivity contribution in [3.63, 3.8) is 0 Å². The molecule has 0 saturated carbocycles. The Labute approximate surface area is 142 Å². The first-order valence-corrected chi connectivity index (χ1v) is 9.39. The van der Waals surface area contributed by atoms with Gasteiger partial charge in [0.05, 0.1) is 23.0 Å². The normalized spacial score (nSPS) is 16.1. The molecular weight excluding hydrogens is 334 g/mol. The molecule has 9 heteroatoms. The Hall–Kier alpha value is -1.71. The fourth-order valence-corrected chi connectivity index (χ4v) is 4.01. The molecule has 1 heterocycles. The summed E-state index contributed by atoms with van der Waals surface area (Å²) < 4.78 is 31.8. The van der Waals surface area contributed by atoms with Gasteiger partial charge >= 0.3 is 0 Å².